The van der Waals surface area contributed by atoms with E-state index in [-0.39, 0.29) is 11.5 Å². The summed E-state index contributed by atoms with van der Waals surface area (Å²) in [5.74, 6) is -0.150. The monoisotopic (exact) mass is 329 g/mol. The topological polar surface area (TPSA) is 101 Å². The number of carbonyl (C=O) groups excluding carboxylic acids is 1. The largest absolute Gasteiger partial charge is 0.496 e. The first kappa shape index (κ1) is 17.4. The highest BCUT2D eigenvalue weighted by Crippen LogP contribution is 2.20. The van der Waals surface area contributed by atoms with Crippen LogP contribution >= 0.6 is 0 Å². The van der Waals surface area contributed by atoms with Crippen molar-refractivity contribution in [2.45, 2.75) is 20.3 Å². The molecule has 0 aliphatic carbocycles. The Hall–Kier alpha value is -2.96. The zero-order valence-corrected chi connectivity index (χ0v) is 13.8. The van der Waals surface area contributed by atoms with Crippen molar-refractivity contribution in [2.75, 3.05) is 13.7 Å². The van der Waals surface area contributed by atoms with Crippen molar-refractivity contribution >= 4 is 11.9 Å². The van der Waals surface area contributed by atoms with E-state index < -0.39 is 5.97 Å². The first-order valence-electron chi connectivity index (χ1n) is 7.41. The van der Waals surface area contributed by atoms with Crippen molar-refractivity contribution in [2.24, 2.45) is 0 Å². The molecule has 0 aliphatic heterocycles. The van der Waals surface area contributed by atoms with Crippen LogP contribution in [0.25, 0.3) is 0 Å². The van der Waals surface area contributed by atoms with E-state index in [0.717, 1.165) is 5.56 Å². The number of carboxylic acids is 1. The van der Waals surface area contributed by atoms with Crippen LogP contribution in [0.3, 0.4) is 0 Å². The average Bonchev–Trinajstić information content (AvgIpc) is 2.54. The molecular weight excluding hydrogens is 310 g/mol. The Morgan fingerprint density at radius 1 is 1.29 bits per heavy atom. The molecule has 0 atom stereocenters. The molecule has 126 valence electrons. The lowest BCUT2D eigenvalue weighted by molar-refractivity contribution is 0.0696. The molecule has 2 rings (SSSR count). The number of amides is 1. The standard InChI is InChI=1S/C17H19N3O4/c1-10-14(9-19-11(2)20-10)16(21)18-7-6-12-4-5-13(17(22)23)8-15(12)24-3/h4-5,8-9H,6-7H2,1-3H3,(H,18,21)(H,22,23). The normalized spacial score (nSPS) is 10.3. The summed E-state index contributed by atoms with van der Waals surface area (Å²) in [7, 11) is 1.48. The van der Waals surface area contributed by atoms with Gasteiger partial charge >= 0.3 is 5.97 Å². The summed E-state index contributed by atoms with van der Waals surface area (Å²) in [5.41, 5.74) is 2.05. The fourth-order valence-electron chi connectivity index (χ4n) is 2.30. The molecule has 0 fully saturated rings. The van der Waals surface area contributed by atoms with E-state index in [4.69, 9.17) is 9.84 Å². The van der Waals surface area contributed by atoms with Crippen LogP contribution in [0.4, 0.5) is 0 Å². The first-order chi connectivity index (χ1) is 11.4. The van der Waals surface area contributed by atoms with E-state index in [0.29, 0.717) is 35.8 Å². The van der Waals surface area contributed by atoms with Gasteiger partial charge in [0.25, 0.3) is 5.91 Å². The number of rotatable bonds is 6. The van der Waals surface area contributed by atoms with Gasteiger partial charge in [-0.15, -0.1) is 0 Å². The summed E-state index contributed by atoms with van der Waals surface area (Å²) >= 11 is 0. The lowest BCUT2D eigenvalue weighted by atomic mass is 10.1. The van der Waals surface area contributed by atoms with Crippen LogP contribution in [0.5, 0.6) is 5.75 Å². The number of ether oxygens (including phenoxy) is 1. The number of hydrogen-bond donors (Lipinski definition) is 2. The SMILES string of the molecule is COc1cc(C(=O)O)ccc1CCNC(=O)c1cnc(C)nc1C. The van der Waals surface area contributed by atoms with E-state index >= 15 is 0 Å². The van der Waals surface area contributed by atoms with Gasteiger partial charge in [0.1, 0.15) is 11.6 Å². The highest BCUT2D eigenvalue weighted by molar-refractivity contribution is 5.94. The van der Waals surface area contributed by atoms with Crippen LogP contribution < -0.4 is 10.1 Å². The molecule has 0 radical (unpaired) electrons. The summed E-state index contributed by atoms with van der Waals surface area (Å²) in [6, 6.07) is 4.67. The highest BCUT2D eigenvalue weighted by atomic mass is 16.5. The quantitative estimate of drug-likeness (QED) is 0.837. The molecule has 2 N–H and O–H groups in total. The summed E-state index contributed by atoms with van der Waals surface area (Å²) in [4.78, 5) is 31.3. The van der Waals surface area contributed by atoms with E-state index in [2.05, 4.69) is 15.3 Å². The van der Waals surface area contributed by atoms with Crippen LogP contribution in [-0.4, -0.2) is 40.6 Å². The number of hydrogen-bond acceptors (Lipinski definition) is 5. The van der Waals surface area contributed by atoms with Crippen LogP contribution in [0.2, 0.25) is 0 Å². The molecule has 0 bridgehead atoms. The van der Waals surface area contributed by atoms with Gasteiger partial charge in [0.15, 0.2) is 0 Å². The first-order valence-corrected chi connectivity index (χ1v) is 7.41. The van der Waals surface area contributed by atoms with Crippen LogP contribution in [0, 0.1) is 13.8 Å². The zero-order chi connectivity index (χ0) is 17.7. The van der Waals surface area contributed by atoms with Crippen molar-refractivity contribution < 1.29 is 19.4 Å². The summed E-state index contributed by atoms with van der Waals surface area (Å²) < 4.78 is 5.21. The van der Waals surface area contributed by atoms with E-state index in [1.54, 1.807) is 19.9 Å². The van der Waals surface area contributed by atoms with Gasteiger partial charge in [-0.3, -0.25) is 4.79 Å². The second-order valence-corrected chi connectivity index (χ2v) is 5.25. The number of nitrogens with zero attached hydrogens (tertiary/aromatic N) is 2. The van der Waals surface area contributed by atoms with Gasteiger partial charge in [0.05, 0.1) is 23.9 Å². The number of methoxy groups -OCH3 is 1. The van der Waals surface area contributed by atoms with Gasteiger partial charge in [-0.25, -0.2) is 14.8 Å². The molecule has 7 heteroatoms. The number of aromatic nitrogens is 2. The molecule has 1 heterocycles. The van der Waals surface area contributed by atoms with Gasteiger partial charge in [0.2, 0.25) is 0 Å². The molecule has 0 aliphatic rings. The number of carbonyl (C=O) groups is 2. The minimum absolute atomic E-state index is 0.159. The smallest absolute Gasteiger partial charge is 0.335 e. The second-order valence-electron chi connectivity index (χ2n) is 5.25. The molecule has 2 aromatic rings. The van der Waals surface area contributed by atoms with Gasteiger partial charge in [-0.05, 0) is 38.0 Å². The molecule has 0 unspecified atom stereocenters. The Labute approximate surface area is 139 Å². The molecule has 0 spiro atoms. The van der Waals surface area contributed by atoms with Crippen LogP contribution in [0.15, 0.2) is 24.4 Å². The van der Waals surface area contributed by atoms with Gasteiger partial charge < -0.3 is 15.2 Å². The maximum atomic E-state index is 12.2. The van der Waals surface area contributed by atoms with Gasteiger partial charge in [-0.1, -0.05) is 6.07 Å². The van der Waals surface area contributed by atoms with Crippen LogP contribution in [0.1, 0.15) is 37.8 Å². The third kappa shape index (κ3) is 4.07. The van der Waals surface area contributed by atoms with Gasteiger partial charge in [-0.2, -0.15) is 0 Å². The van der Waals surface area contributed by atoms with Crippen molar-refractivity contribution in [3.05, 3.63) is 52.6 Å². The number of carboxylic acid groups (broad SMARTS) is 1. The van der Waals surface area contributed by atoms with Gasteiger partial charge in [0, 0.05) is 12.7 Å². The lowest BCUT2D eigenvalue weighted by Gasteiger charge is -2.11. The van der Waals surface area contributed by atoms with E-state index in [1.807, 2.05) is 0 Å². The Bertz CT molecular complexity index is 774. The minimum Gasteiger partial charge on any atom is -0.496 e. The van der Waals surface area contributed by atoms with Crippen LogP contribution in [-0.2, 0) is 6.42 Å². The third-order valence-electron chi connectivity index (χ3n) is 3.56. The third-order valence-corrected chi connectivity index (χ3v) is 3.56. The van der Waals surface area contributed by atoms with Crippen molar-refractivity contribution in [3.63, 3.8) is 0 Å². The Morgan fingerprint density at radius 2 is 2.04 bits per heavy atom. The Morgan fingerprint density at radius 3 is 2.67 bits per heavy atom. The second kappa shape index (κ2) is 7.54. The van der Waals surface area contributed by atoms with E-state index in [9.17, 15) is 9.59 Å². The number of benzene rings is 1. The fraction of sp³-hybridized carbons (Fsp3) is 0.294. The van der Waals surface area contributed by atoms with Crippen molar-refractivity contribution in [3.8, 4) is 5.75 Å². The molecule has 1 amide bonds. The summed E-state index contributed by atoms with van der Waals surface area (Å²) in [6.07, 6.45) is 2.02. The van der Waals surface area contributed by atoms with E-state index in [1.165, 1.54) is 25.4 Å². The predicted molar refractivity (Wildman–Crippen MR) is 87.5 cm³/mol. The maximum absolute atomic E-state index is 12.2. The molecule has 7 nitrogen and oxygen atoms in total. The molecule has 1 aromatic carbocycles. The average molecular weight is 329 g/mol. The summed E-state index contributed by atoms with van der Waals surface area (Å²) in [5, 5.41) is 11.8. The number of nitrogens with one attached hydrogen (secondary N) is 1. The lowest BCUT2D eigenvalue weighted by Crippen LogP contribution is -2.27. The fourth-order valence-corrected chi connectivity index (χ4v) is 2.30. The Kier molecular flexibility index (Phi) is 5.47. The van der Waals surface area contributed by atoms with Crippen molar-refractivity contribution in [1.29, 1.82) is 0 Å². The molecule has 24 heavy (non-hydrogen) atoms. The highest BCUT2D eigenvalue weighted by Gasteiger charge is 2.12. The summed E-state index contributed by atoms with van der Waals surface area (Å²) in [6.45, 7) is 3.91. The predicted octanol–water partition coefficient (Wildman–Crippen LogP) is 1.77. The molecule has 1 aromatic heterocycles. The maximum Gasteiger partial charge on any atom is 0.335 e. The Balaban J connectivity index is 2.01. The zero-order valence-electron chi connectivity index (χ0n) is 13.8. The minimum atomic E-state index is -1.01. The number of aromatic carboxylic acids is 1. The number of aryl methyl sites for hydroxylation is 2. The molecular formula is C17H19N3O4. The molecule has 0 saturated carbocycles. The van der Waals surface area contributed by atoms with Crippen molar-refractivity contribution in [1.82, 2.24) is 15.3 Å². The molecule has 0 saturated heterocycles.